The second kappa shape index (κ2) is 11.6. The highest BCUT2D eigenvalue weighted by atomic mass is 35.5. The number of benzene rings is 3. The van der Waals surface area contributed by atoms with E-state index in [1.807, 2.05) is 42.2 Å². The lowest BCUT2D eigenvalue weighted by Gasteiger charge is -2.33. The zero-order valence-electron chi connectivity index (χ0n) is 20.2. The van der Waals surface area contributed by atoms with Crippen LogP contribution in [0.15, 0.2) is 66.7 Å². The molecule has 3 aromatic carbocycles. The summed E-state index contributed by atoms with van der Waals surface area (Å²) in [5.41, 5.74) is 2.29. The van der Waals surface area contributed by atoms with Gasteiger partial charge in [-0.25, -0.2) is 0 Å². The summed E-state index contributed by atoms with van der Waals surface area (Å²) in [4.78, 5) is 1.98. The summed E-state index contributed by atoms with van der Waals surface area (Å²) in [6, 6.07) is 18.3. The largest absolute Gasteiger partial charge is 0.461 e. The summed E-state index contributed by atoms with van der Waals surface area (Å²) in [6.07, 6.45) is -6.13. The number of nitrogens with zero attached hydrogens (tertiary/aromatic N) is 1. The maximum absolute atomic E-state index is 13.4. The van der Waals surface area contributed by atoms with E-state index in [1.54, 1.807) is 18.2 Å². The standard InChI is InChI=1S/C28H28ClF4NO3/c1-2-19-15-22(12-13-24(19)29)36-21-8-4-7-20(16-21)34(25-10-5-11-26(25)35)17-18-6-3-9-23(14-18)37-28(32,33)27(30)31/h3-4,6-9,12-16,25-27,35H,2,5,10-11,17H2,1H3. The molecule has 1 aliphatic rings. The van der Waals surface area contributed by atoms with Crippen molar-refractivity contribution >= 4 is 17.3 Å². The number of aliphatic hydroxyl groups is 1. The van der Waals surface area contributed by atoms with E-state index in [1.165, 1.54) is 18.2 Å². The summed E-state index contributed by atoms with van der Waals surface area (Å²) in [5, 5.41) is 11.3. The van der Waals surface area contributed by atoms with Crippen molar-refractivity contribution in [1.82, 2.24) is 0 Å². The maximum atomic E-state index is 13.4. The topological polar surface area (TPSA) is 41.9 Å². The predicted octanol–water partition coefficient (Wildman–Crippen LogP) is 7.85. The first kappa shape index (κ1) is 27.1. The van der Waals surface area contributed by atoms with Crippen LogP contribution in [0.5, 0.6) is 17.2 Å². The minimum Gasteiger partial charge on any atom is -0.457 e. The molecule has 2 unspecified atom stereocenters. The highest BCUT2D eigenvalue weighted by molar-refractivity contribution is 6.31. The van der Waals surface area contributed by atoms with Crippen LogP contribution in [-0.4, -0.2) is 29.8 Å². The van der Waals surface area contributed by atoms with Crippen molar-refractivity contribution in [1.29, 1.82) is 0 Å². The molecule has 4 nitrogen and oxygen atoms in total. The fourth-order valence-corrected chi connectivity index (χ4v) is 4.79. The van der Waals surface area contributed by atoms with Crippen molar-refractivity contribution in [3.05, 3.63) is 82.9 Å². The number of aryl methyl sites for hydroxylation is 1. The number of ether oxygens (including phenoxy) is 2. The van der Waals surface area contributed by atoms with E-state index in [0.29, 0.717) is 28.5 Å². The molecular formula is C28H28ClF4NO3. The number of anilines is 1. The van der Waals surface area contributed by atoms with Crippen molar-refractivity contribution in [2.24, 2.45) is 0 Å². The Bertz CT molecular complexity index is 1210. The smallest absolute Gasteiger partial charge is 0.457 e. The minimum atomic E-state index is -4.59. The van der Waals surface area contributed by atoms with Crippen LogP contribution in [0, 0.1) is 0 Å². The molecule has 37 heavy (non-hydrogen) atoms. The van der Waals surface area contributed by atoms with Crippen LogP contribution in [0.2, 0.25) is 5.02 Å². The number of hydrogen-bond donors (Lipinski definition) is 1. The van der Waals surface area contributed by atoms with Gasteiger partial charge in [-0.05, 0) is 79.3 Å². The molecule has 0 saturated heterocycles. The number of hydrogen-bond acceptors (Lipinski definition) is 4. The van der Waals surface area contributed by atoms with Gasteiger partial charge >= 0.3 is 12.5 Å². The third-order valence-corrected chi connectivity index (χ3v) is 6.76. The number of halogens is 5. The Labute approximate surface area is 218 Å². The van der Waals surface area contributed by atoms with E-state index in [4.69, 9.17) is 16.3 Å². The average molecular weight is 538 g/mol. The van der Waals surface area contributed by atoms with E-state index in [-0.39, 0.29) is 18.3 Å². The van der Waals surface area contributed by atoms with E-state index in [9.17, 15) is 22.7 Å². The SMILES string of the molecule is CCc1cc(Oc2cccc(N(Cc3cccc(OC(F)(F)C(F)F)c3)C3CCCC3O)c2)ccc1Cl. The predicted molar refractivity (Wildman–Crippen MR) is 135 cm³/mol. The first-order valence-corrected chi connectivity index (χ1v) is 12.5. The van der Waals surface area contributed by atoms with Gasteiger partial charge in [-0.15, -0.1) is 0 Å². The Hall–Kier alpha value is -2.97. The van der Waals surface area contributed by atoms with Gasteiger partial charge in [-0.3, -0.25) is 0 Å². The summed E-state index contributed by atoms with van der Waals surface area (Å²) in [7, 11) is 0. The van der Waals surface area contributed by atoms with Gasteiger partial charge < -0.3 is 19.5 Å². The van der Waals surface area contributed by atoms with Gasteiger partial charge in [0.15, 0.2) is 0 Å². The van der Waals surface area contributed by atoms with Crippen LogP contribution >= 0.6 is 11.6 Å². The third kappa shape index (κ3) is 6.67. The van der Waals surface area contributed by atoms with Gasteiger partial charge in [0.05, 0.1) is 12.1 Å². The van der Waals surface area contributed by atoms with E-state index >= 15 is 0 Å². The second-order valence-corrected chi connectivity index (χ2v) is 9.42. The first-order chi connectivity index (χ1) is 17.7. The lowest BCUT2D eigenvalue weighted by Crippen LogP contribution is -2.40. The molecule has 0 bridgehead atoms. The second-order valence-electron chi connectivity index (χ2n) is 9.01. The molecule has 0 spiro atoms. The van der Waals surface area contributed by atoms with Crippen LogP contribution < -0.4 is 14.4 Å². The summed E-state index contributed by atoms with van der Waals surface area (Å²) >= 11 is 6.22. The molecule has 1 fully saturated rings. The van der Waals surface area contributed by atoms with Crippen molar-refractivity contribution in [3.8, 4) is 17.2 Å². The monoisotopic (exact) mass is 537 g/mol. The van der Waals surface area contributed by atoms with Crippen LogP contribution in [0.3, 0.4) is 0 Å². The molecule has 198 valence electrons. The van der Waals surface area contributed by atoms with Gasteiger partial charge in [0.2, 0.25) is 0 Å². The zero-order valence-corrected chi connectivity index (χ0v) is 21.0. The lowest BCUT2D eigenvalue weighted by atomic mass is 10.1. The number of alkyl halides is 4. The Morgan fingerprint density at radius 3 is 2.43 bits per heavy atom. The van der Waals surface area contributed by atoms with Crippen LogP contribution in [0.25, 0.3) is 0 Å². The minimum absolute atomic E-state index is 0.218. The molecule has 0 radical (unpaired) electrons. The molecule has 3 aromatic rings. The van der Waals surface area contributed by atoms with Crippen LogP contribution in [-0.2, 0) is 13.0 Å². The molecule has 9 heteroatoms. The molecule has 1 saturated carbocycles. The Kier molecular flexibility index (Phi) is 8.49. The van der Waals surface area contributed by atoms with Gasteiger partial charge in [0.1, 0.15) is 17.2 Å². The highest BCUT2D eigenvalue weighted by Crippen LogP contribution is 2.35. The molecule has 0 aliphatic heterocycles. The summed E-state index contributed by atoms with van der Waals surface area (Å²) < 4.78 is 62.4. The first-order valence-electron chi connectivity index (χ1n) is 12.1. The lowest BCUT2D eigenvalue weighted by molar-refractivity contribution is -0.253. The number of aliphatic hydroxyl groups excluding tert-OH is 1. The number of rotatable bonds is 10. The fourth-order valence-electron chi connectivity index (χ4n) is 4.54. The van der Waals surface area contributed by atoms with Crippen molar-refractivity contribution in [2.45, 2.75) is 63.8 Å². The fraction of sp³-hybridized carbons (Fsp3) is 0.357. The Morgan fingerprint density at radius 2 is 1.73 bits per heavy atom. The third-order valence-electron chi connectivity index (χ3n) is 6.39. The van der Waals surface area contributed by atoms with Crippen LogP contribution in [0.4, 0.5) is 23.2 Å². The van der Waals surface area contributed by atoms with E-state index in [0.717, 1.165) is 30.5 Å². The Morgan fingerprint density at radius 1 is 1.00 bits per heavy atom. The van der Waals surface area contributed by atoms with E-state index in [2.05, 4.69) is 4.74 Å². The molecule has 2 atom stereocenters. The molecule has 0 aromatic heterocycles. The molecule has 1 aliphatic carbocycles. The molecule has 0 amide bonds. The average Bonchev–Trinajstić information content (AvgIpc) is 3.29. The molecule has 1 N–H and O–H groups in total. The quantitative estimate of drug-likeness (QED) is 0.267. The van der Waals surface area contributed by atoms with Gasteiger partial charge in [0.25, 0.3) is 0 Å². The van der Waals surface area contributed by atoms with Gasteiger partial charge in [0, 0.05) is 23.3 Å². The van der Waals surface area contributed by atoms with E-state index < -0.39 is 18.6 Å². The zero-order chi connectivity index (χ0) is 26.6. The Balaban J connectivity index is 1.60. The highest BCUT2D eigenvalue weighted by Gasteiger charge is 2.44. The molecule has 0 heterocycles. The van der Waals surface area contributed by atoms with Crippen molar-refractivity contribution < 1.29 is 32.1 Å². The molecular weight excluding hydrogens is 510 g/mol. The van der Waals surface area contributed by atoms with Gasteiger partial charge in [-0.1, -0.05) is 36.7 Å². The van der Waals surface area contributed by atoms with Gasteiger partial charge in [-0.2, -0.15) is 17.6 Å². The van der Waals surface area contributed by atoms with Crippen LogP contribution in [0.1, 0.15) is 37.3 Å². The summed E-state index contributed by atoms with van der Waals surface area (Å²) in [6.45, 7) is 2.24. The summed E-state index contributed by atoms with van der Waals surface area (Å²) in [5.74, 6) is 0.852. The normalized spacial score (nSPS) is 17.7. The van der Waals surface area contributed by atoms with Crippen molar-refractivity contribution in [2.75, 3.05) is 4.90 Å². The molecule has 4 rings (SSSR count). The maximum Gasteiger partial charge on any atom is 0.461 e. The van der Waals surface area contributed by atoms with Crippen molar-refractivity contribution in [3.63, 3.8) is 0 Å².